The standard InChI is InChI=1S/C18H27N3O3/c1-13-12-24-14(2)16(13)17(22)20-8-10-21(11-9-20)18(23)19-15-6-4-3-5-7-15/h12,15H,3-11H2,1-2H3,(H,19,23). The number of amides is 3. The molecule has 0 bridgehead atoms. The molecule has 2 aliphatic rings. The van der Waals surface area contributed by atoms with Gasteiger partial charge in [0, 0.05) is 37.8 Å². The predicted molar refractivity (Wildman–Crippen MR) is 91.1 cm³/mol. The van der Waals surface area contributed by atoms with E-state index >= 15 is 0 Å². The molecule has 0 aromatic carbocycles. The fourth-order valence-corrected chi connectivity index (χ4v) is 3.68. The number of carbonyl (C=O) groups excluding carboxylic acids is 2. The van der Waals surface area contributed by atoms with Crippen molar-refractivity contribution in [1.82, 2.24) is 15.1 Å². The van der Waals surface area contributed by atoms with Crippen LogP contribution in [0.1, 0.15) is 53.8 Å². The van der Waals surface area contributed by atoms with Gasteiger partial charge in [0.05, 0.1) is 11.8 Å². The van der Waals surface area contributed by atoms with Gasteiger partial charge < -0.3 is 19.5 Å². The van der Waals surface area contributed by atoms with Crippen molar-refractivity contribution < 1.29 is 14.0 Å². The Morgan fingerprint density at radius 1 is 1.04 bits per heavy atom. The van der Waals surface area contributed by atoms with Crippen molar-refractivity contribution in [2.75, 3.05) is 26.2 Å². The number of rotatable bonds is 2. The number of furan rings is 1. The molecule has 132 valence electrons. The van der Waals surface area contributed by atoms with Gasteiger partial charge in [-0.1, -0.05) is 19.3 Å². The van der Waals surface area contributed by atoms with E-state index in [0.29, 0.717) is 43.5 Å². The molecule has 3 amide bonds. The van der Waals surface area contributed by atoms with E-state index in [1.54, 1.807) is 6.26 Å². The number of hydrogen-bond donors (Lipinski definition) is 1. The van der Waals surface area contributed by atoms with Crippen molar-refractivity contribution in [1.29, 1.82) is 0 Å². The van der Waals surface area contributed by atoms with E-state index in [1.807, 2.05) is 23.6 Å². The van der Waals surface area contributed by atoms with Gasteiger partial charge in [0.1, 0.15) is 5.76 Å². The molecule has 1 saturated heterocycles. The number of urea groups is 1. The summed E-state index contributed by atoms with van der Waals surface area (Å²) in [5.74, 6) is 0.668. The van der Waals surface area contributed by atoms with Crippen LogP contribution in [0.5, 0.6) is 0 Å². The second-order valence-electron chi connectivity index (χ2n) is 6.91. The second-order valence-corrected chi connectivity index (χ2v) is 6.91. The fraction of sp³-hybridized carbons (Fsp3) is 0.667. The summed E-state index contributed by atoms with van der Waals surface area (Å²) in [6, 6.07) is 0.340. The highest BCUT2D eigenvalue weighted by atomic mass is 16.3. The number of aryl methyl sites for hydroxylation is 2. The number of nitrogens with zero attached hydrogens (tertiary/aromatic N) is 2. The third kappa shape index (κ3) is 3.57. The smallest absolute Gasteiger partial charge is 0.317 e. The Bertz CT molecular complexity index is 577. The molecule has 1 N–H and O–H groups in total. The summed E-state index contributed by atoms with van der Waals surface area (Å²) in [6.45, 7) is 6.01. The van der Waals surface area contributed by atoms with Gasteiger partial charge >= 0.3 is 6.03 Å². The van der Waals surface area contributed by atoms with Crippen molar-refractivity contribution in [2.45, 2.75) is 52.0 Å². The Hall–Kier alpha value is -1.98. The molecule has 0 spiro atoms. The number of carbonyl (C=O) groups is 2. The monoisotopic (exact) mass is 333 g/mol. The van der Waals surface area contributed by atoms with Gasteiger partial charge in [-0.25, -0.2) is 4.79 Å². The zero-order valence-corrected chi connectivity index (χ0v) is 14.6. The van der Waals surface area contributed by atoms with E-state index in [0.717, 1.165) is 18.4 Å². The molecule has 1 saturated carbocycles. The van der Waals surface area contributed by atoms with E-state index in [1.165, 1.54) is 19.3 Å². The first-order chi connectivity index (χ1) is 11.6. The third-order valence-corrected chi connectivity index (χ3v) is 5.16. The van der Waals surface area contributed by atoms with Crippen LogP contribution < -0.4 is 5.32 Å². The van der Waals surface area contributed by atoms with E-state index in [2.05, 4.69) is 5.32 Å². The van der Waals surface area contributed by atoms with E-state index in [-0.39, 0.29) is 11.9 Å². The molecule has 0 radical (unpaired) electrons. The summed E-state index contributed by atoms with van der Waals surface area (Å²) in [7, 11) is 0. The molecule has 6 heteroatoms. The van der Waals surface area contributed by atoms with Crippen molar-refractivity contribution in [2.24, 2.45) is 0 Å². The van der Waals surface area contributed by atoms with E-state index in [4.69, 9.17) is 4.42 Å². The van der Waals surface area contributed by atoms with Gasteiger partial charge in [0.25, 0.3) is 5.91 Å². The van der Waals surface area contributed by atoms with Crippen LogP contribution in [0.25, 0.3) is 0 Å². The molecule has 24 heavy (non-hydrogen) atoms. The highest BCUT2D eigenvalue weighted by molar-refractivity contribution is 5.96. The lowest BCUT2D eigenvalue weighted by atomic mass is 9.96. The van der Waals surface area contributed by atoms with Gasteiger partial charge in [-0.2, -0.15) is 0 Å². The van der Waals surface area contributed by atoms with Crippen molar-refractivity contribution in [3.8, 4) is 0 Å². The van der Waals surface area contributed by atoms with Crippen LogP contribution in [0, 0.1) is 13.8 Å². The zero-order chi connectivity index (χ0) is 17.1. The van der Waals surface area contributed by atoms with Gasteiger partial charge in [0.15, 0.2) is 0 Å². The maximum absolute atomic E-state index is 12.6. The van der Waals surface area contributed by atoms with Crippen LogP contribution in [0.2, 0.25) is 0 Å². The van der Waals surface area contributed by atoms with Crippen molar-refractivity contribution in [3.63, 3.8) is 0 Å². The van der Waals surface area contributed by atoms with E-state index in [9.17, 15) is 9.59 Å². The molecule has 1 aliphatic carbocycles. The van der Waals surface area contributed by atoms with Crippen LogP contribution in [0.4, 0.5) is 4.79 Å². The minimum Gasteiger partial charge on any atom is -0.469 e. The summed E-state index contributed by atoms with van der Waals surface area (Å²) in [6.07, 6.45) is 7.48. The fourth-order valence-electron chi connectivity index (χ4n) is 3.68. The summed E-state index contributed by atoms with van der Waals surface area (Å²) in [5, 5.41) is 3.15. The largest absolute Gasteiger partial charge is 0.469 e. The van der Waals surface area contributed by atoms with Crippen molar-refractivity contribution in [3.05, 3.63) is 23.2 Å². The summed E-state index contributed by atoms with van der Waals surface area (Å²) in [4.78, 5) is 28.7. The number of piperazine rings is 1. The minimum absolute atomic E-state index is 0.00564. The maximum atomic E-state index is 12.6. The SMILES string of the molecule is Cc1coc(C)c1C(=O)N1CCN(C(=O)NC2CCCCC2)CC1. The zero-order valence-electron chi connectivity index (χ0n) is 14.6. The number of hydrogen-bond acceptors (Lipinski definition) is 3. The quantitative estimate of drug-likeness (QED) is 0.905. The predicted octanol–water partition coefficient (Wildman–Crippen LogP) is 2.70. The second kappa shape index (κ2) is 7.28. The first-order valence-electron chi connectivity index (χ1n) is 8.95. The Morgan fingerprint density at radius 3 is 2.25 bits per heavy atom. The Morgan fingerprint density at radius 2 is 1.67 bits per heavy atom. The first kappa shape index (κ1) is 16.9. The number of nitrogens with one attached hydrogen (secondary N) is 1. The lowest BCUT2D eigenvalue weighted by Gasteiger charge is -2.36. The summed E-state index contributed by atoms with van der Waals surface area (Å²) in [5.41, 5.74) is 1.53. The normalized spacial score (nSPS) is 19.4. The molecule has 3 rings (SSSR count). The van der Waals surface area contributed by atoms with Gasteiger partial charge in [-0.3, -0.25) is 4.79 Å². The Kier molecular flexibility index (Phi) is 5.11. The molecule has 1 aromatic heterocycles. The average molecular weight is 333 g/mol. The first-order valence-corrected chi connectivity index (χ1v) is 8.95. The lowest BCUT2D eigenvalue weighted by molar-refractivity contribution is 0.0660. The van der Waals surface area contributed by atoms with Crippen LogP contribution in [-0.2, 0) is 0 Å². The molecule has 2 fully saturated rings. The molecular formula is C18H27N3O3. The topological polar surface area (TPSA) is 65.8 Å². The third-order valence-electron chi connectivity index (χ3n) is 5.16. The maximum Gasteiger partial charge on any atom is 0.317 e. The Labute approximate surface area is 143 Å². The highest BCUT2D eigenvalue weighted by Gasteiger charge is 2.28. The van der Waals surface area contributed by atoms with Crippen LogP contribution >= 0.6 is 0 Å². The lowest BCUT2D eigenvalue weighted by Crippen LogP contribution is -2.54. The molecule has 1 aromatic rings. The van der Waals surface area contributed by atoms with Crippen LogP contribution in [-0.4, -0.2) is 54.0 Å². The Balaban J connectivity index is 1.52. The molecule has 6 nitrogen and oxygen atoms in total. The summed E-state index contributed by atoms with van der Waals surface area (Å²) < 4.78 is 5.33. The molecule has 1 aliphatic heterocycles. The molecule has 0 unspecified atom stereocenters. The molecule has 2 heterocycles. The summed E-state index contributed by atoms with van der Waals surface area (Å²) >= 11 is 0. The van der Waals surface area contributed by atoms with Crippen LogP contribution in [0.15, 0.2) is 10.7 Å². The van der Waals surface area contributed by atoms with Gasteiger partial charge in [0.2, 0.25) is 0 Å². The van der Waals surface area contributed by atoms with Gasteiger partial charge in [-0.05, 0) is 26.7 Å². The molecule has 0 atom stereocenters. The highest BCUT2D eigenvalue weighted by Crippen LogP contribution is 2.20. The van der Waals surface area contributed by atoms with Gasteiger partial charge in [-0.15, -0.1) is 0 Å². The average Bonchev–Trinajstić information content (AvgIpc) is 2.94. The van der Waals surface area contributed by atoms with Crippen LogP contribution in [0.3, 0.4) is 0 Å². The minimum atomic E-state index is 0.00564. The molecular weight excluding hydrogens is 306 g/mol. The van der Waals surface area contributed by atoms with Crippen molar-refractivity contribution >= 4 is 11.9 Å². The van der Waals surface area contributed by atoms with E-state index < -0.39 is 0 Å².